The minimum atomic E-state index is -3.41. The summed E-state index contributed by atoms with van der Waals surface area (Å²) in [6.45, 7) is 4.21. The monoisotopic (exact) mass is 282 g/mol. The summed E-state index contributed by atoms with van der Waals surface area (Å²) >= 11 is 0. The van der Waals surface area contributed by atoms with Gasteiger partial charge in [-0.1, -0.05) is 12.1 Å². The Kier molecular flexibility index (Phi) is 4.28. The van der Waals surface area contributed by atoms with Gasteiger partial charge in [0.1, 0.15) is 0 Å². The maximum atomic E-state index is 12.3. The van der Waals surface area contributed by atoms with E-state index in [1.54, 1.807) is 6.07 Å². The van der Waals surface area contributed by atoms with Crippen LogP contribution in [0.4, 0.5) is 0 Å². The Morgan fingerprint density at radius 1 is 1.32 bits per heavy atom. The van der Waals surface area contributed by atoms with Gasteiger partial charge >= 0.3 is 0 Å². The zero-order valence-electron chi connectivity index (χ0n) is 11.5. The summed E-state index contributed by atoms with van der Waals surface area (Å²) in [5.41, 5.74) is 7.57. The van der Waals surface area contributed by atoms with E-state index in [-0.39, 0.29) is 6.04 Å². The third kappa shape index (κ3) is 3.55. The lowest BCUT2D eigenvalue weighted by Gasteiger charge is -2.13. The lowest BCUT2D eigenvalue weighted by molar-refractivity contribution is 0.512. The van der Waals surface area contributed by atoms with Crippen LogP contribution in [-0.2, 0) is 10.0 Å². The van der Waals surface area contributed by atoms with E-state index in [1.807, 2.05) is 26.0 Å². The molecule has 106 valence electrons. The smallest absolute Gasteiger partial charge is 0.240 e. The highest BCUT2D eigenvalue weighted by Crippen LogP contribution is 2.24. The molecule has 0 amide bonds. The highest BCUT2D eigenvalue weighted by atomic mass is 32.2. The second-order valence-corrected chi connectivity index (χ2v) is 7.30. The summed E-state index contributed by atoms with van der Waals surface area (Å²) < 4.78 is 27.3. The number of aryl methyl sites for hydroxylation is 2. The van der Waals surface area contributed by atoms with E-state index >= 15 is 0 Å². The minimum absolute atomic E-state index is 0.232. The van der Waals surface area contributed by atoms with Crippen molar-refractivity contribution in [3.8, 4) is 0 Å². The lowest BCUT2D eigenvalue weighted by atomic mass is 10.1. The maximum absolute atomic E-state index is 12.3. The SMILES string of the molecule is Cc1ccc(C)c(S(=O)(=O)NCC2CCC(N)C2)c1. The molecule has 4 nitrogen and oxygen atoms in total. The van der Waals surface area contributed by atoms with E-state index in [4.69, 9.17) is 5.73 Å². The summed E-state index contributed by atoms with van der Waals surface area (Å²) in [6.07, 6.45) is 2.92. The zero-order valence-corrected chi connectivity index (χ0v) is 12.3. The molecule has 1 aromatic carbocycles. The van der Waals surface area contributed by atoms with Crippen LogP contribution in [-0.4, -0.2) is 21.0 Å². The van der Waals surface area contributed by atoms with Crippen molar-refractivity contribution >= 4 is 10.0 Å². The fourth-order valence-corrected chi connectivity index (χ4v) is 4.04. The summed E-state index contributed by atoms with van der Waals surface area (Å²) in [7, 11) is -3.41. The van der Waals surface area contributed by atoms with E-state index in [1.165, 1.54) is 0 Å². The van der Waals surface area contributed by atoms with Crippen LogP contribution in [0.15, 0.2) is 23.1 Å². The third-order valence-corrected chi connectivity index (χ3v) is 5.34. The Morgan fingerprint density at radius 2 is 2.05 bits per heavy atom. The predicted molar refractivity (Wildman–Crippen MR) is 76.4 cm³/mol. The number of hydrogen-bond acceptors (Lipinski definition) is 3. The molecule has 2 unspecified atom stereocenters. The summed E-state index contributed by atoms with van der Waals surface area (Å²) in [5.74, 6) is 0.370. The number of nitrogens with one attached hydrogen (secondary N) is 1. The summed E-state index contributed by atoms with van der Waals surface area (Å²) in [4.78, 5) is 0.384. The molecule has 1 fully saturated rings. The van der Waals surface area contributed by atoms with E-state index in [2.05, 4.69) is 4.72 Å². The van der Waals surface area contributed by atoms with Gasteiger partial charge in [-0.2, -0.15) is 0 Å². The van der Waals surface area contributed by atoms with E-state index in [0.29, 0.717) is 17.4 Å². The molecule has 2 atom stereocenters. The third-order valence-electron chi connectivity index (χ3n) is 3.78. The molecule has 0 radical (unpaired) electrons. The molecule has 1 aliphatic rings. The van der Waals surface area contributed by atoms with Gasteiger partial charge in [-0.15, -0.1) is 0 Å². The standard InChI is InChI=1S/C14H22N2O2S/c1-10-3-4-11(2)14(7-10)19(17,18)16-9-12-5-6-13(15)8-12/h3-4,7,12-13,16H,5-6,8-9,15H2,1-2H3. The van der Waals surface area contributed by atoms with Gasteiger partial charge in [-0.25, -0.2) is 13.1 Å². The van der Waals surface area contributed by atoms with E-state index in [9.17, 15) is 8.42 Å². The Balaban J connectivity index is 2.08. The van der Waals surface area contributed by atoms with Gasteiger partial charge in [-0.3, -0.25) is 0 Å². The van der Waals surface area contributed by atoms with Crippen LogP contribution >= 0.6 is 0 Å². The van der Waals surface area contributed by atoms with Crippen LogP contribution in [0.5, 0.6) is 0 Å². The molecule has 0 spiro atoms. The van der Waals surface area contributed by atoms with Crippen LogP contribution < -0.4 is 10.5 Å². The van der Waals surface area contributed by atoms with Gasteiger partial charge in [0.15, 0.2) is 0 Å². The van der Waals surface area contributed by atoms with Gasteiger partial charge < -0.3 is 5.73 Å². The first-order valence-electron chi connectivity index (χ1n) is 6.71. The molecule has 1 aliphatic carbocycles. The highest BCUT2D eigenvalue weighted by Gasteiger charge is 2.24. The van der Waals surface area contributed by atoms with Crippen molar-refractivity contribution in [2.75, 3.05) is 6.54 Å². The van der Waals surface area contributed by atoms with E-state index in [0.717, 1.165) is 30.4 Å². The maximum Gasteiger partial charge on any atom is 0.240 e. The molecule has 5 heteroatoms. The fraction of sp³-hybridized carbons (Fsp3) is 0.571. The van der Waals surface area contributed by atoms with Crippen molar-refractivity contribution in [1.29, 1.82) is 0 Å². The molecule has 0 aromatic heterocycles. The number of benzene rings is 1. The topological polar surface area (TPSA) is 72.2 Å². The Bertz CT molecular complexity index is 555. The number of hydrogen-bond donors (Lipinski definition) is 2. The van der Waals surface area contributed by atoms with Gasteiger partial charge in [0.2, 0.25) is 10.0 Å². The first kappa shape index (κ1) is 14.5. The highest BCUT2D eigenvalue weighted by molar-refractivity contribution is 7.89. The normalized spacial score (nSPS) is 23.7. The Hall–Kier alpha value is -0.910. The molecule has 0 heterocycles. The van der Waals surface area contributed by atoms with Gasteiger partial charge in [0.05, 0.1) is 4.90 Å². The average Bonchev–Trinajstić information content (AvgIpc) is 2.76. The van der Waals surface area contributed by atoms with E-state index < -0.39 is 10.0 Å². The molecular weight excluding hydrogens is 260 g/mol. The molecular formula is C14H22N2O2S. The quantitative estimate of drug-likeness (QED) is 0.883. The van der Waals surface area contributed by atoms with Crippen molar-refractivity contribution in [2.24, 2.45) is 11.7 Å². The first-order chi connectivity index (χ1) is 8.88. The van der Waals surface area contributed by atoms with Gasteiger partial charge in [0, 0.05) is 12.6 Å². The van der Waals surface area contributed by atoms with Crippen molar-refractivity contribution in [2.45, 2.75) is 44.0 Å². The second-order valence-electron chi connectivity index (χ2n) is 5.56. The summed E-state index contributed by atoms with van der Waals surface area (Å²) in [5, 5.41) is 0. The van der Waals surface area contributed by atoms with Gasteiger partial charge in [-0.05, 0) is 56.2 Å². The largest absolute Gasteiger partial charge is 0.328 e. The Morgan fingerprint density at radius 3 is 2.68 bits per heavy atom. The first-order valence-corrected chi connectivity index (χ1v) is 8.19. The van der Waals surface area contributed by atoms with Crippen LogP contribution in [0.2, 0.25) is 0 Å². The van der Waals surface area contributed by atoms with Crippen molar-refractivity contribution in [3.63, 3.8) is 0 Å². The van der Waals surface area contributed by atoms with Gasteiger partial charge in [0.25, 0.3) is 0 Å². The number of sulfonamides is 1. The molecule has 19 heavy (non-hydrogen) atoms. The zero-order chi connectivity index (χ0) is 14.0. The van der Waals surface area contributed by atoms with Crippen molar-refractivity contribution in [1.82, 2.24) is 4.72 Å². The summed E-state index contributed by atoms with van der Waals surface area (Å²) in [6, 6.07) is 5.72. The van der Waals surface area contributed by atoms with Crippen LogP contribution in [0.25, 0.3) is 0 Å². The molecule has 0 saturated heterocycles. The second kappa shape index (κ2) is 5.61. The predicted octanol–water partition coefficient (Wildman–Crippen LogP) is 1.71. The van der Waals surface area contributed by atoms with Crippen LogP contribution in [0.3, 0.4) is 0 Å². The molecule has 1 saturated carbocycles. The lowest BCUT2D eigenvalue weighted by Crippen LogP contribution is -2.29. The fourth-order valence-electron chi connectivity index (χ4n) is 2.60. The molecule has 0 bridgehead atoms. The van der Waals surface area contributed by atoms with Crippen molar-refractivity contribution in [3.05, 3.63) is 29.3 Å². The number of nitrogens with two attached hydrogens (primary N) is 1. The molecule has 2 rings (SSSR count). The van der Waals surface area contributed by atoms with Crippen molar-refractivity contribution < 1.29 is 8.42 Å². The Labute approximate surface area is 115 Å². The minimum Gasteiger partial charge on any atom is -0.328 e. The number of rotatable bonds is 4. The van der Waals surface area contributed by atoms with Crippen LogP contribution in [0.1, 0.15) is 30.4 Å². The average molecular weight is 282 g/mol. The molecule has 1 aromatic rings. The van der Waals surface area contributed by atoms with Crippen LogP contribution in [0, 0.1) is 19.8 Å². The molecule has 0 aliphatic heterocycles. The molecule has 3 N–H and O–H groups in total.